The van der Waals surface area contributed by atoms with E-state index in [9.17, 15) is 0 Å². The third-order valence-electron chi connectivity index (χ3n) is 2.90. The van der Waals surface area contributed by atoms with Gasteiger partial charge in [0.1, 0.15) is 12.1 Å². The summed E-state index contributed by atoms with van der Waals surface area (Å²) in [7, 11) is 0. The fourth-order valence-electron chi connectivity index (χ4n) is 1.89. The molecule has 0 amide bonds. The highest BCUT2D eigenvalue weighted by atomic mass is 32.1. The molecule has 20 heavy (non-hydrogen) atoms. The number of nitrogens with zero attached hydrogens (tertiary/aromatic N) is 3. The van der Waals surface area contributed by atoms with Crippen molar-refractivity contribution in [2.45, 2.75) is 6.42 Å². The monoisotopic (exact) mass is 282 g/mol. The molecule has 3 aromatic rings. The number of pyridine rings is 1. The van der Waals surface area contributed by atoms with Crippen LogP contribution < -0.4 is 5.32 Å². The van der Waals surface area contributed by atoms with E-state index < -0.39 is 0 Å². The van der Waals surface area contributed by atoms with E-state index in [1.165, 1.54) is 0 Å². The Hall–Kier alpha value is -2.27. The predicted octanol–water partition coefficient (Wildman–Crippen LogP) is 3.25. The van der Waals surface area contributed by atoms with Gasteiger partial charge in [0.15, 0.2) is 0 Å². The van der Waals surface area contributed by atoms with Gasteiger partial charge in [-0.15, -0.1) is 0 Å². The van der Waals surface area contributed by atoms with Gasteiger partial charge in [-0.1, -0.05) is 6.07 Å². The van der Waals surface area contributed by atoms with E-state index in [4.69, 9.17) is 0 Å². The zero-order valence-electron chi connectivity index (χ0n) is 10.9. The Balaban J connectivity index is 1.62. The first-order valence-corrected chi connectivity index (χ1v) is 7.34. The topological polar surface area (TPSA) is 50.7 Å². The average molecular weight is 282 g/mol. The van der Waals surface area contributed by atoms with Crippen molar-refractivity contribution < 1.29 is 0 Å². The zero-order valence-corrected chi connectivity index (χ0v) is 11.7. The molecule has 3 heterocycles. The smallest absolute Gasteiger partial charge is 0.129 e. The summed E-state index contributed by atoms with van der Waals surface area (Å²) < 4.78 is 0. The highest BCUT2D eigenvalue weighted by molar-refractivity contribution is 7.08. The van der Waals surface area contributed by atoms with Crippen LogP contribution in [-0.4, -0.2) is 21.5 Å². The Bertz CT molecular complexity index is 653. The molecule has 0 saturated carbocycles. The van der Waals surface area contributed by atoms with E-state index in [0.717, 1.165) is 35.7 Å². The summed E-state index contributed by atoms with van der Waals surface area (Å²) in [5.41, 5.74) is 3.15. The van der Waals surface area contributed by atoms with E-state index in [1.54, 1.807) is 17.7 Å². The average Bonchev–Trinajstić information content (AvgIpc) is 3.03. The third-order valence-corrected chi connectivity index (χ3v) is 3.58. The molecule has 0 bridgehead atoms. The summed E-state index contributed by atoms with van der Waals surface area (Å²) in [4.78, 5) is 12.8. The van der Waals surface area contributed by atoms with Gasteiger partial charge in [-0.25, -0.2) is 9.97 Å². The maximum Gasteiger partial charge on any atom is 0.129 e. The molecular weight excluding hydrogens is 268 g/mol. The number of thiophene rings is 1. The Morgan fingerprint density at radius 3 is 2.90 bits per heavy atom. The lowest BCUT2D eigenvalue weighted by Gasteiger charge is -2.06. The summed E-state index contributed by atoms with van der Waals surface area (Å²) in [5, 5.41) is 7.44. The molecule has 100 valence electrons. The molecule has 3 rings (SSSR count). The van der Waals surface area contributed by atoms with Crippen molar-refractivity contribution in [3.63, 3.8) is 0 Å². The molecule has 0 spiro atoms. The second-order valence-electron chi connectivity index (χ2n) is 4.30. The fraction of sp³-hybridized carbons (Fsp3) is 0.133. The van der Waals surface area contributed by atoms with Crippen LogP contribution in [-0.2, 0) is 6.42 Å². The van der Waals surface area contributed by atoms with Gasteiger partial charge in [-0.2, -0.15) is 11.3 Å². The van der Waals surface area contributed by atoms with Gasteiger partial charge < -0.3 is 5.32 Å². The largest absolute Gasteiger partial charge is 0.370 e. The molecule has 0 atom stereocenters. The van der Waals surface area contributed by atoms with Gasteiger partial charge in [0.2, 0.25) is 0 Å². The van der Waals surface area contributed by atoms with Gasteiger partial charge in [-0.3, -0.25) is 4.98 Å². The van der Waals surface area contributed by atoms with Crippen LogP contribution in [0.25, 0.3) is 11.3 Å². The first kappa shape index (κ1) is 12.7. The third kappa shape index (κ3) is 3.19. The summed E-state index contributed by atoms with van der Waals surface area (Å²) in [6.07, 6.45) is 4.28. The molecule has 0 aliphatic heterocycles. The van der Waals surface area contributed by atoms with Gasteiger partial charge in [0, 0.05) is 41.9 Å². The van der Waals surface area contributed by atoms with Crippen molar-refractivity contribution in [2.75, 3.05) is 11.9 Å². The number of hydrogen-bond donors (Lipinski definition) is 1. The lowest BCUT2D eigenvalue weighted by atomic mass is 10.2. The first-order valence-electron chi connectivity index (χ1n) is 6.40. The van der Waals surface area contributed by atoms with Crippen molar-refractivity contribution >= 4 is 17.2 Å². The quantitative estimate of drug-likeness (QED) is 0.780. The van der Waals surface area contributed by atoms with E-state index in [2.05, 4.69) is 31.7 Å². The van der Waals surface area contributed by atoms with E-state index in [-0.39, 0.29) is 0 Å². The standard InChI is InChI=1S/C15H14N4S/c1-2-6-16-13(3-1)4-7-17-15-9-14(18-11-19-15)12-5-8-20-10-12/h1-3,5-6,8-11H,4,7H2,(H,17,18,19). The molecule has 0 aromatic carbocycles. The van der Waals surface area contributed by atoms with Gasteiger partial charge in [0.25, 0.3) is 0 Å². The summed E-state index contributed by atoms with van der Waals surface area (Å²) in [5.74, 6) is 0.845. The number of aromatic nitrogens is 3. The van der Waals surface area contributed by atoms with Crippen LogP contribution in [0.4, 0.5) is 5.82 Å². The van der Waals surface area contributed by atoms with E-state index in [1.807, 2.05) is 35.8 Å². The minimum atomic E-state index is 0.803. The van der Waals surface area contributed by atoms with Crippen molar-refractivity contribution in [1.29, 1.82) is 0 Å². The molecule has 5 heteroatoms. The van der Waals surface area contributed by atoms with Crippen LogP contribution in [0.2, 0.25) is 0 Å². The Labute approximate surface area is 121 Å². The maximum atomic E-state index is 4.30. The first-order chi connectivity index (χ1) is 9.92. The molecule has 0 unspecified atom stereocenters. The molecule has 0 saturated heterocycles. The lowest BCUT2D eigenvalue weighted by molar-refractivity contribution is 0.951. The minimum Gasteiger partial charge on any atom is -0.370 e. The van der Waals surface area contributed by atoms with Gasteiger partial charge >= 0.3 is 0 Å². The van der Waals surface area contributed by atoms with Gasteiger partial charge in [0.05, 0.1) is 5.69 Å². The van der Waals surface area contributed by atoms with Crippen LogP contribution >= 0.6 is 11.3 Å². The van der Waals surface area contributed by atoms with Crippen molar-refractivity contribution in [3.8, 4) is 11.3 Å². The van der Waals surface area contributed by atoms with E-state index >= 15 is 0 Å². The van der Waals surface area contributed by atoms with Crippen LogP contribution in [0.3, 0.4) is 0 Å². The summed E-state index contributed by atoms with van der Waals surface area (Å²) in [6, 6.07) is 9.99. The fourth-order valence-corrected chi connectivity index (χ4v) is 2.54. The lowest BCUT2D eigenvalue weighted by Crippen LogP contribution is -2.07. The number of anilines is 1. The van der Waals surface area contributed by atoms with Crippen LogP contribution in [0, 0.1) is 0 Å². The highest BCUT2D eigenvalue weighted by Crippen LogP contribution is 2.21. The second kappa shape index (κ2) is 6.25. The summed E-state index contributed by atoms with van der Waals surface area (Å²) in [6.45, 7) is 0.803. The molecule has 0 aliphatic rings. The number of nitrogens with one attached hydrogen (secondary N) is 1. The minimum absolute atomic E-state index is 0.803. The van der Waals surface area contributed by atoms with Gasteiger partial charge in [-0.05, 0) is 23.6 Å². The molecule has 1 N–H and O–H groups in total. The Morgan fingerprint density at radius 1 is 1.10 bits per heavy atom. The molecule has 0 radical (unpaired) electrons. The number of rotatable bonds is 5. The molecule has 3 aromatic heterocycles. The normalized spacial score (nSPS) is 10.4. The molecule has 0 aliphatic carbocycles. The zero-order chi connectivity index (χ0) is 13.6. The number of hydrogen-bond acceptors (Lipinski definition) is 5. The van der Waals surface area contributed by atoms with Crippen molar-refractivity contribution in [3.05, 3.63) is 59.3 Å². The maximum absolute atomic E-state index is 4.30. The van der Waals surface area contributed by atoms with Crippen LogP contribution in [0.1, 0.15) is 5.69 Å². The SMILES string of the molecule is c1ccc(CCNc2cc(-c3ccsc3)ncn2)nc1. The molecule has 4 nitrogen and oxygen atoms in total. The highest BCUT2D eigenvalue weighted by Gasteiger charge is 2.02. The second-order valence-corrected chi connectivity index (χ2v) is 5.08. The van der Waals surface area contributed by atoms with Crippen molar-refractivity contribution in [1.82, 2.24) is 15.0 Å². The van der Waals surface area contributed by atoms with Crippen LogP contribution in [0.15, 0.2) is 53.6 Å². The molecular formula is C15H14N4S. The van der Waals surface area contributed by atoms with E-state index in [0.29, 0.717) is 0 Å². The molecule has 0 fully saturated rings. The predicted molar refractivity (Wildman–Crippen MR) is 81.8 cm³/mol. The van der Waals surface area contributed by atoms with Crippen LogP contribution in [0.5, 0.6) is 0 Å². The Kier molecular flexibility index (Phi) is 3.99. The Morgan fingerprint density at radius 2 is 2.10 bits per heavy atom. The van der Waals surface area contributed by atoms with Crippen molar-refractivity contribution in [2.24, 2.45) is 0 Å². The summed E-state index contributed by atoms with van der Waals surface area (Å²) >= 11 is 1.67.